The molecule has 1 fully saturated rings. The lowest BCUT2D eigenvalue weighted by Crippen LogP contribution is -2.05. The second-order valence-corrected chi connectivity index (χ2v) is 9.66. The number of phenolic OH excluding ortho intramolecular Hbond substituents is 1. The van der Waals surface area contributed by atoms with Crippen molar-refractivity contribution in [3.63, 3.8) is 0 Å². The van der Waals surface area contributed by atoms with Crippen LogP contribution < -0.4 is 4.74 Å². The maximum atomic E-state index is 10.2. The Morgan fingerprint density at radius 2 is 1.82 bits per heavy atom. The van der Waals surface area contributed by atoms with Crippen molar-refractivity contribution >= 4 is 0 Å². The van der Waals surface area contributed by atoms with E-state index >= 15 is 0 Å². The van der Waals surface area contributed by atoms with E-state index in [9.17, 15) is 5.11 Å². The van der Waals surface area contributed by atoms with Gasteiger partial charge in [-0.05, 0) is 79.0 Å². The summed E-state index contributed by atoms with van der Waals surface area (Å²) in [5.74, 6) is 4.30. The van der Waals surface area contributed by atoms with Crippen LogP contribution in [0, 0.1) is 5.92 Å². The number of rotatable bonds is 12. The number of aryl methyl sites for hydroxylation is 3. The van der Waals surface area contributed by atoms with Gasteiger partial charge in [-0.3, -0.25) is 0 Å². The quantitative estimate of drug-likeness (QED) is 0.304. The number of aromatic hydroxyl groups is 1. The monoisotopic (exact) mass is 449 g/mol. The molecule has 2 N–H and O–H groups in total. The smallest absolute Gasteiger partial charge is 0.161 e. The number of hydrogen-bond acceptors (Lipinski definition) is 3. The van der Waals surface area contributed by atoms with Gasteiger partial charge >= 0.3 is 0 Å². The number of furan rings is 1. The predicted octanol–water partition coefficient (Wildman–Crippen LogP) is 7.36. The highest BCUT2D eigenvalue weighted by Gasteiger charge is 2.23. The normalized spacial score (nSPS) is 15.2. The Labute approximate surface area is 198 Å². The van der Waals surface area contributed by atoms with E-state index in [1.807, 2.05) is 12.1 Å². The SMILES string of the molecule is CCCCc1ccc(CCc2ccc(O)c(OCCc3cc([C@H](C)C4CCCC4)c[nH]3)c2)o1. The highest BCUT2D eigenvalue weighted by Crippen LogP contribution is 2.37. The molecule has 0 amide bonds. The lowest BCUT2D eigenvalue weighted by Gasteiger charge is -2.17. The zero-order valence-corrected chi connectivity index (χ0v) is 20.2. The van der Waals surface area contributed by atoms with Crippen LogP contribution in [0.5, 0.6) is 11.5 Å². The maximum absolute atomic E-state index is 10.2. The van der Waals surface area contributed by atoms with Crippen molar-refractivity contribution in [2.45, 2.75) is 84.0 Å². The fourth-order valence-corrected chi connectivity index (χ4v) is 5.01. The highest BCUT2D eigenvalue weighted by atomic mass is 16.5. The zero-order valence-electron chi connectivity index (χ0n) is 20.2. The molecule has 1 aliphatic rings. The summed E-state index contributed by atoms with van der Waals surface area (Å²) in [6, 6.07) is 12.1. The largest absolute Gasteiger partial charge is 0.504 e. The van der Waals surface area contributed by atoms with Crippen molar-refractivity contribution in [3.05, 3.63) is 70.9 Å². The van der Waals surface area contributed by atoms with Gasteiger partial charge in [-0.2, -0.15) is 0 Å². The number of nitrogens with one attached hydrogen (secondary N) is 1. The van der Waals surface area contributed by atoms with Crippen molar-refractivity contribution in [2.24, 2.45) is 5.92 Å². The predicted molar refractivity (Wildman–Crippen MR) is 133 cm³/mol. The Hall–Kier alpha value is -2.62. The lowest BCUT2D eigenvalue weighted by molar-refractivity contribution is 0.302. The molecular weight excluding hydrogens is 410 g/mol. The van der Waals surface area contributed by atoms with Gasteiger partial charge in [0.15, 0.2) is 11.5 Å². The number of unbranched alkanes of at least 4 members (excludes halogenated alkanes) is 1. The van der Waals surface area contributed by atoms with Crippen LogP contribution in [0.4, 0.5) is 0 Å². The summed E-state index contributed by atoms with van der Waals surface area (Å²) < 4.78 is 11.9. The first-order valence-corrected chi connectivity index (χ1v) is 12.8. The summed E-state index contributed by atoms with van der Waals surface area (Å²) in [6.07, 6.45) is 13.5. The standard InChI is InChI=1S/C29H39NO3/c1-3-4-9-26-13-14-27(33-26)12-10-22-11-15-28(31)29(18-22)32-17-16-25-19-24(20-30-25)21(2)23-7-5-6-8-23/h11,13-15,18-21,23,30-31H,3-10,12,16-17H2,1-2H3/t21-/m1/s1. The first-order valence-electron chi connectivity index (χ1n) is 12.8. The third-order valence-corrected chi connectivity index (χ3v) is 7.21. The molecule has 2 heterocycles. The molecule has 0 aliphatic heterocycles. The molecule has 3 aromatic rings. The summed E-state index contributed by atoms with van der Waals surface area (Å²) >= 11 is 0. The van der Waals surface area contributed by atoms with E-state index in [0.29, 0.717) is 18.3 Å². The van der Waals surface area contributed by atoms with Crippen LogP contribution in [0.1, 0.15) is 86.6 Å². The summed E-state index contributed by atoms with van der Waals surface area (Å²) in [7, 11) is 0. The van der Waals surface area contributed by atoms with Crippen molar-refractivity contribution in [1.82, 2.24) is 4.98 Å². The van der Waals surface area contributed by atoms with Crippen LogP contribution in [-0.2, 0) is 25.7 Å². The van der Waals surface area contributed by atoms with E-state index in [1.54, 1.807) is 6.07 Å². The molecule has 4 rings (SSSR count). The van der Waals surface area contributed by atoms with E-state index in [2.05, 4.69) is 43.2 Å². The molecule has 1 aromatic carbocycles. The zero-order chi connectivity index (χ0) is 23.0. The van der Waals surface area contributed by atoms with Crippen molar-refractivity contribution in [1.29, 1.82) is 0 Å². The van der Waals surface area contributed by atoms with E-state index in [0.717, 1.165) is 55.1 Å². The molecule has 1 aliphatic carbocycles. The highest BCUT2D eigenvalue weighted by molar-refractivity contribution is 5.42. The summed E-state index contributed by atoms with van der Waals surface area (Å²) in [4.78, 5) is 3.42. The molecule has 1 atom stereocenters. The van der Waals surface area contributed by atoms with Crippen LogP contribution in [0.25, 0.3) is 0 Å². The maximum Gasteiger partial charge on any atom is 0.161 e. The molecular formula is C29H39NO3. The summed E-state index contributed by atoms with van der Waals surface area (Å²) in [5, 5.41) is 10.2. The number of aromatic nitrogens is 1. The first kappa shape index (κ1) is 23.5. The van der Waals surface area contributed by atoms with Crippen LogP contribution in [-0.4, -0.2) is 16.7 Å². The molecule has 0 spiro atoms. The number of phenols is 1. The van der Waals surface area contributed by atoms with Gasteiger partial charge in [0.1, 0.15) is 11.5 Å². The number of hydrogen-bond donors (Lipinski definition) is 2. The van der Waals surface area contributed by atoms with Gasteiger partial charge < -0.3 is 19.2 Å². The van der Waals surface area contributed by atoms with Crippen molar-refractivity contribution in [2.75, 3.05) is 6.61 Å². The minimum absolute atomic E-state index is 0.195. The van der Waals surface area contributed by atoms with E-state index in [-0.39, 0.29) is 5.75 Å². The van der Waals surface area contributed by atoms with Gasteiger partial charge in [0, 0.05) is 31.2 Å². The van der Waals surface area contributed by atoms with Gasteiger partial charge in [-0.15, -0.1) is 0 Å². The number of benzene rings is 1. The molecule has 0 radical (unpaired) electrons. The minimum Gasteiger partial charge on any atom is -0.504 e. The van der Waals surface area contributed by atoms with E-state index < -0.39 is 0 Å². The molecule has 4 heteroatoms. The number of aromatic amines is 1. The van der Waals surface area contributed by atoms with Crippen LogP contribution in [0.15, 0.2) is 47.0 Å². The van der Waals surface area contributed by atoms with Gasteiger partial charge in [0.25, 0.3) is 0 Å². The molecule has 0 unspecified atom stereocenters. The number of H-pyrrole nitrogens is 1. The van der Waals surface area contributed by atoms with Crippen molar-refractivity contribution in [3.8, 4) is 11.5 Å². The second kappa shape index (κ2) is 11.5. The Kier molecular flexibility index (Phi) is 8.20. The summed E-state index contributed by atoms with van der Waals surface area (Å²) in [5.41, 5.74) is 3.75. The lowest BCUT2D eigenvalue weighted by atomic mass is 9.88. The first-order chi connectivity index (χ1) is 16.1. The second-order valence-electron chi connectivity index (χ2n) is 9.66. The summed E-state index contributed by atoms with van der Waals surface area (Å²) in [6.45, 7) is 5.09. The molecule has 0 bridgehead atoms. The molecule has 4 nitrogen and oxygen atoms in total. The Morgan fingerprint density at radius 3 is 2.61 bits per heavy atom. The average molecular weight is 450 g/mol. The molecule has 0 saturated heterocycles. The minimum atomic E-state index is 0.195. The Morgan fingerprint density at radius 1 is 1.03 bits per heavy atom. The molecule has 1 saturated carbocycles. The van der Waals surface area contributed by atoms with Crippen LogP contribution in [0.2, 0.25) is 0 Å². The van der Waals surface area contributed by atoms with Crippen LogP contribution in [0.3, 0.4) is 0 Å². The fourth-order valence-electron chi connectivity index (χ4n) is 5.01. The van der Waals surface area contributed by atoms with Gasteiger partial charge in [0.2, 0.25) is 0 Å². The van der Waals surface area contributed by atoms with Gasteiger partial charge in [-0.25, -0.2) is 0 Å². The van der Waals surface area contributed by atoms with Crippen LogP contribution >= 0.6 is 0 Å². The molecule has 2 aromatic heterocycles. The Balaban J connectivity index is 1.26. The topological polar surface area (TPSA) is 58.4 Å². The average Bonchev–Trinajstić information content (AvgIpc) is 3.60. The van der Waals surface area contributed by atoms with E-state index in [4.69, 9.17) is 9.15 Å². The van der Waals surface area contributed by atoms with Gasteiger partial charge in [0.05, 0.1) is 6.61 Å². The molecule has 178 valence electrons. The van der Waals surface area contributed by atoms with Gasteiger partial charge in [-0.1, -0.05) is 39.2 Å². The number of ether oxygens (including phenoxy) is 1. The van der Waals surface area contributed by atoms with E-state index in [1.165, 1.54) is 43.4 Å². The third kappa shape index (κ3) is 6.46. The Bertz CT molecular complexity index is 996. The van der Waals surface area contributed by atoms with Crippen molar-refractivity contribution < 1.29 is 14.3 Å². The fraction of sp³-hybridized carbons (Fsp3) is 0.517. The third-order valence-electron chi connectivity index (χ3n) is 7.21. The molecule has 33 heavy (non-hydrogen) atoms.